The Morgan fingerprint density at radius 1 is 0.464 bits per heavy atom. The van der Waals surface area contributed by atoms with E-state index in [0.717, 1.165) is 23.7 Å². The number of anilines is 3. The lowest BCUT2D eigenvalue weighted by molar-refractivity contribution is -0.231. The van der Waals surface area contributed by atoms with Gasteiger partial charge in [0.25, 0.3) is 0 Å². The Bertz CT molecular complexity index is 2760. The van der Waals surface area contributed by atoms with E-state index in [2.05, 4.69) is 183 Å². The van der Waals surface area contributed by atoms with Crippen molar-refractivity contribution in [3.05, 3.63) is 186 Å². The number of hydrogen-bond acceptors (Lipinski definition) is 1. The van der Waals surface area contributed by atoms with Gasteiger partial charge in [0.2, 0.25) is 0 Å². The van der Waals surface area contributed by atoms with Crippen LogP contribution in [0.2, 0.25) is 0 Å². The fourth-order valence-corrected chi connectivity index (χ4v) is 14.1. The lowest BCUT2D eigenvalue weighted by atomic mass is 9.27. The first-order valence-corrected chi connectivity index (χ1v) is 21.0. The van der Waals surface area contributed by atoms with E-state index in [4.69, 9.17) is 0 Å². The average molecular weight is 720 g/mol. The second-order valence-corrected chi connectivity index (χ2v) is 18.5. The predicted molar refractivity (Wildman–Crippen MR) is 231 cm³/mol. The first-order chi connectivity index (χ1) is 27.5. The molecular weight excluding hydrogens is 675 g/mol. The van der Waals surface area contributed by atoms with Gasteiger partial charge in [-0.1, -0.05) is 141 Å². The van der Waals surface area contributed by atoms with Crippen LogP contribution in [-0.4, -0.2) is 0 Å². The zero-order chi connectivity index (χ0) is 37.0. The maximum absolute atomic E-state index is 2.62. The Balaban J connectivity index is 1.03. The van der Waals surface area contributed by atoms with Crippen molar-refractivity contribution in [3.63, 3.8) is 0 Å². The highest BCUT2D eigenvalue weighted by molar-refractivity contribution is 5.97. The lowest BCUT2D eigenvalue weighted by Crippen LogP contribution is -2.73. The molecule has 0 amide bonds. The molecule has 13 rings (SSSR count). The fourth-order valence-electron chi connectivity index (χ4n) is 14.1. The minimum absolute atomic E-state index is 0.0774. The number of hydrogen-bond donors (Lipinski definition) is 0. The van der Waals surface area contributed by atoms with Gasteiger partial charge < -0.3 is 4.90 Å². The van der Waals surface area contributed by atoms with E-state index in [9.17, 15) is 0 Å². The Morgan fingerprint density at radius 2 is 1.12 bits per heavy atom. The molecule has 2 bridgehead atoms. The van der Waals surface area contributed by atoms with Crippen molar-refractivity contribution in [1.29, 1.82) is 0 Å². The SMILES string of the molecule is CC1(C)c2ccccc2-c2c(N(c3ccc(-c4ccccc4)cc3)c3ccc4c(c3)-c3ccc(-c5ccccc5)cc3C43C4CC5CC6CC3C64C5)cccc21. The average Bonchev–Trinajstić information content (AvgIpc) is 3.94. The van der Waals surface area contributed by atoms with Crippen LogP contribution in [0.25, 0.3) is 44.5 Å². The van der Waals surface area contributed by atoms with Crippen LogP contribution in [0.15, 0.2) is 164 Å². The van der Waals surface area contributed by atoms with Crippen LogP contribution >= 0.6 is 0 Å². The molecule has 4 fully saturated rings. The van der Waals surface area contributed by atoms with Gasteiger partial charge in [-0.25, -0.2) is 0 Å². The molecular formula is C55H45N. The smallest absolute Gasteiger partial charge is 0.0543 e. The highest BCUT2D eigenvalue weighted by atomic mass is 15.1. The molecule has 6 aliphatic carbocycles. The first-order valence-electron chi connectivity index (χ1n) is 21.0. The third-order valence-corrected chi connectivity index (χ3v) is 16.1. The van der Waals surface area contributed by atoms with E-state index in [0.29, 0.717) is 5.41 Å². The second kappa shape index (κ2) is 10.8. The molecule has 1 heteroatoms. The van der Waals surface area contributed by atoms with Crippen LogP contribution in [0.5, 0.6) is 0 Å². The predicted octanol–water partition coefficient (Wildman–Crippen LogP) is 14.1. The third kappa shape index (κ3) is 3.73. The van der Waals surface area contributed by atoms with Crippen molar-refractivity contribution in [2.75, 3.05) is 4.90 Å². The molecule has 0 saturated heterocycles. The van der Waals surface area contributed by atoms with Gasteiger partial charge in [0.15, 0.2) is 0 Å². The van der Waals surface area contributed by atoms with Crippen molar-refractivity contribution in [1.82, 2.24) is 0 Å². The van der Waals surface area contributed by atoms with Crippen molar-refractivity contribution in [3.8, 4) is 44.5 Å². The number of benzene rings is 7. The van der Waals surface area contributed by atoms with Crippen molar-refractivity contribution in [2.45, 2.75) is 50.4 Å². The van der Waals surface area contributed by atoms with Gasteiger partial charge in [-0.3, -0.25) is 0 Å². The molecule has 0 radical (unpaired) electrons. The quantitative estimate of drug-likeness (QED) is 0.171. The third-order valence-electron chi connectivity index (χ3n) is 16.1. The zero-order valence-corrected chi connectivity index (χ0v) is 32.2. The largest absolute Gasteiger partial charge is 0.310 e. The van der Waals surface area contributed by atoms with E-state index < -0.39 is 0 Å². The maximum atomic E-state index is 2.62. The van der Waals surface area contributed by atoms with Gasteiger partial charge in [-0.05, 0) is 152 Å². The van der Waals surface area contributed by atoms with E-state index in [-0.39, 0.29) is 10.8 Å². The summed E-state index contributed by atoms with van der Waals surface area (Å²) in [4.78, 5) is 2.56. The highest BCUT2D eigenvalue weighted by Gasteiger charge is 2.84. The molecule has 4 saturated carbocycles. The molecule has 6 unspecified atom stereocenters. The van der Waals surface area contributed by atoms with Crippen LogP contribution in [0, 0.1) is 29.1 Å². The molecule has 6 atom stereocenters. The molecule has 270 valence electrons. The van der Waals surface area contributed by atoms with E-state index in [1.807, 2.05) is 0 Å². The Labute approximate surface area is 330 Å². The lowest BCUT2D eigenvalue weighted by Gasteiger charge is -2.76. The zero-order valence-electron chi connectivity index (χ0n) is 32.2. The van der Waals surface area contributed by atoms with Crippen LogP contribution < -0.4 is 4.90 Å². The van der Waals surface area contributed by atoms with Gasteiger partial charge in [-0.2, -0.15) is 0 Å². The number of fused-ring (bicyclic) bond motifs is 11. The molecule has 0 N–H and O–H groups in total. The van der Waals surface area contributed by atoms with Gasteiger partial charge in [0.05, 0.1) is 5.69 Å². The molecule has 56 heavy (non-hydrogen) atoms. The van der Waals surface area contributed by atoms with E-state index >= 15 is 0 Å². The Kier molecular flexibility index (Phi) is 6.08. The summed E-state index contributed by atoms with van der Waals surface area (Å²) in [5.74, 6) is 3.44. The van der Waals surface area contributed by atoms with Gasteiger partial charge >= 0.3 is 0 Å². The van der Waals surface area contributed by atoms with Crippen LogP contribution in [0.4, 0.5) is 17.1 Å². The van der Waals surface area contributed by atoms with Gasteiger partial charge in [0, 0.05) is 27.8 Å². The summed E-state index contributed by atoms with van der Waals surface area (Å²) in [5.41, 5.74) is 21.1. The summed E-state index contributed by atoms with van der Waals surface area (Å²) in [7, 11) is 0. The monoisotopic (exact) mass is 719 g/mol. The summed E-state index contributed by atoms with van der Waals surface area (Å²) < 4.78 is 0. The molecule has 0 aliphatic heterocycles. The highest BCUT2D eigenvalue weighted by Crippen LogP contribution is 2.89. The molecule has 0 heterocycles. The summed E-state index contributed by atoms with van der Waals surface area (Å²) in [5, 5.41) is 0. The van der Waals surface area contributed by atoms with Crippen LogP contribution in [0.1, 0.15) is 61.8 Å². The van der Waals surface area contributed by atoms with Crippen LogP contribution in [-0.2, 0) is 10.8 Å². The Morgan fingerprint density at radius 3 is 1.91 bits per heavy atom. The molecule has 1 nitrogen and oxygen atoms in total. The molecule has 2 spiro atoms. The van der Waals surface area contributed by atoms with Gasteiger partial charge in [-0.15, -0.1) is 0 Å². The minimum atomic E-state index is -0.0774. The summed E-state index contributed by atoms with van der Waals surface area (Å²) in [6.45, 7) is 4.78. The normalized spacial score (nSPS) is 27.1. The van der Waals surface area contributed by atoms with Gasteiger partial charge in [0.1, 0.15) is 0 Å². The number of nitrogens with zero attached hydrogens (tertiary/aromatic N) is 1. The fraction of sp³-hybridized carbons (Fsp3) is 0.236. The van der Waals surface area contributed by atoms with Crippen molar-refractivity contribution >= 4 is 17.1 Å². The Hall–Kier alpha value is -5.66. The minimum Gasteiger partial charge on any atom is -0.310 e. The van der Waals surface area contributed by atoms with Crippen molar-refractivity contribution < 1.29 is 0 Å². The summed E-state index contributed by atoms with van der Waals surface area (Å²) in [6, 6.07) is 62.4. The summed E-state index contributed by atoms with van der Waals surface area (Å²) in [6.07, 6.45) is 5.80. The van der Waals surface area contributed by atoms with Crippen LogP contribution in [0.3, 0.4) is 0 Å². The topological polar surface area (TPSA) is 3.24 Å². The standard InChI is InChI=1S/C55H45N/c1-53(2)45-17-10-9-16-43(45)52-47(53)18-11-19-49(52)56(40-23-20-37(21-24-40)35-12-5-3-6-13-35)41-25-27-46-44(32-41)42-26-22-38(36-14-7-4-8-15-36)30-48(42)55(46)50-29-34-28-39-31-51(55)54(39,50)33-34/h3-27,30,32,34,39,50-51H,28-29,31,33H2,1-2H3. The molecule has 0 aromatic heterocycles. The maximum Gasteiger partial charge on any atom is 0.0543 e. The van der Waals surface area contributed by atoms with Crippen molar-refractivity contribution in [2.24, 2.45) is 29.1 Å². The molecule has 7 aromatic carbocycles. The molecule has 7 aromatic rings. The second-order valence-electron chi connectivity index (χ2n) is 18.5. The first kappa shape index (κ1) is 31.5. The van der Waals surface area contributed by atoms with E-state index in [1.54, 1.807) is 11.1 Å². The van der Waals surface area contributed by atoms with E-state index in [1.165, 1.54) is 98.4 Å². The number of rotatable bonds is 5. The molecule has 6 aliphatic rings. The summed E-state index contributed by atoms with van der Waals surface area (Å²) >= 11 is 0.